The molecule has 4 nitrogen and oxygen atoms in total. The molecule has 2 N–H and O–H groups in total. The van der Waals surface area contributed by atoms with E-state index in [0.717, 1.165) is 18.8 Å². The van der Waals surface area contributed by atoms with Crippen LogP contribution in [0.25, 0.3) is 0 Å². The molecule has 108 valence electrons. The van der Waals surface area contributed by atoms with Gasteiger partial charge in [0.1, 0.15) is 5.82 Å². The first-order valence-corrected chi connectivity index (χ1v) is 6.80. The molecule has 1 heterocycles. The molecule has 0 bridgehead atoms. The van der Waals surface area contributed by atoms with Crippen molar-refractivity contribution in [3.8, 4) is 5.75 Å². The zero-order valence-corrected chi connectivity index (χ0v) is 11.8. The van der Waals surface area contributed by atoms with Crippen molar-refractivity contribution in [1.29, 1.82) is 0 Å². The van der Waals surface area contributed by atoms with E-state index in [0.29, 0.717) is 12.0 Å². The van der Waals surface area contributed by atoms with E-state index in [2.05, 4.69) is 22.2 Å². The van der Waals surface area contributed by atoms with Crippen molar-refractivity contribution in [3.63, 3.8) is 0 Å². The van der Waals surface area contributed by atoms with E-state index in [-0.39, 0.29) is 17.6 Å². The second-order valence-electron chi connectivity index (χ2n) is 4.62. The number of halogens is 1. The van der Waals surface area contributed by atoms with Crippen LogP contribution in [0.2, 0.25) is 0 Å². The van der Waals surface area contributed by atoms with Gasteiger partial charge in [-0.3, -0.25) is 0 Å². The first kappa shape index (κ1) is 14.5. The minimum Gasteiger partial charge on any atom is -0.494 e. The maximum Gasteiger partial charge on any atom is 0.168 e. The van der Waals surface area contributed by atoms with Gasteiger partial charge in [-0.15, -0.1) is 0 Å². The number of hydrogen-bond donors (Lipinski definition) is 2. The maximum atomic E-state index is 14.2. The molecule has 0 radical (unpaired) electrons. The van der Waals surface area contributed by atoms with Gasteiger partial charge in [0.05, 0.1) is 13.2 Å². The summed E-state index contributed by atoms with van der Waals surface area (Å²) in [5.41, 5.74) is 0.620. The molecule has 5 heteroatoms. The molecule has 20 heavy (non-hydrogen) atoms. The summed E-state index contributed by atoms with van der Waals surface area (Å²) in [5, 5.41) is 3.38. The molecule has 0 saturated heterocycles. The fourth-order valence-electron chi connectivity index (χ4n) is 2.14. The third kappa shape index (κ3) is 3.36. The number of rotatable bonds is 7. The van der Waals surface area contributed by atoms with Gasteiger partial charge >= 0.3 is 0 Å². The van der Waals surface area contributed by atoms with Crippen molar-refractivity contribution in [1.82, 2.24) is 15.3 Å². The first-order valence-electron chi connectivity index (χ1n) is 6.80. The molecule has 2 rings (SSSR count). The van der Waals surface area contributed by atoms with E-state index in [1.807, 2.05) is 0 Å². The normalized spacial score (nSPS) is 12.3. The van der Waals surface area contributed by atoms with Crippen LogP contribution in [0.3, 0.4) is 0 Å². The molecular formula is C15H20FN3O. The number of aromatic amines is 1. The molecule has 1 aromatic heterocycles. The molecule has 2 aromatic rings. The van der Waals surface area contributed by atoms with Gasteiger partial charge in [-0.1, -0.05) is 19.1 Å². The van der Waals surface area contributed by atoms with Crippen molar-refractivity contribution in [3.05, 3.63) is 47.8 Å². The lowest BCUT2D eigenvalue weighted by atomic mass is 10.0. The summed E-state index contributed by atoms with van der Waals surface area (Å²) in [4.78, 5) is 7.35. The Labute approximate surface area is 118 Å². The van der Waals surface area contributed by atoms with E-state index in [4.69, 9.17) is 4.74 Å². The summed E-state index contributed by atoms with van der Waals surface area (Å²) in [6.45, 7) is 2.95. The summed E-state index contributed by atoms with van der Waals surface area (Å²) in [6.07, 6.45) is 5.02. The molecule has 0 aliphatic rings. The average Bonchev–Trinajstić information content (AvgIpc) is 2.99. The number of ether oxygens (including phenoxy) is 1. The van der Waals surface area contributed by atoms with Gasteiger partial charge in [0, 0.05) is 12.4 Å². The summed E-state index contributed by atoms with van der Waals surface area (Å²) >= 11 is 0. The zero-order chi connectivity index (χ0) is 14.4. The smallest absolute Gasteiger partial charge is 0.168 e. The molecule has 0 spiro atoms. The van der Waals surface area contributed by atoms with E-state index in [1.165, 1.54) is 7.11 Å². The first-order chi connectivity index (χ1) is 9.76. The predicted octanol–water partition coefficient (Wildman–Crippen LogP) is 2.84. The number of nitrogens with one attached hydrogen (secondary N) is 2. The van der Waals surface area contributed by atoms with Crippen LogP contribution in [0.4, 0.5) is 4.39 Å². The summed E-state index contributed by atoms with van der Waals surface area (Å²) in [5.74, 6) is 0.793. The Bertz CT molecular complexity index is 528. The van der Waals surface area contributed by atoms with Crippen LogP contribution < -0.4 is 10.1 Å². The molecule has 1 unspecified atom stereocenters. The van der Waals surface area contributed by atoms with Crippen molar-refractivity contribution < 1.29 is 9.13 Å². The highest BCUT2D eigenvalue weighted by Crippen LogP contribution is 2.24. The van der Waals surface area contributed by atoms with Crippen LogP contribution in [-0.2, 0) is 6.42 Å². The van der Waals surface area contributed by atoms with Gasteiger partial charge in [0.25, 0.3) is 0 Å². The lowest BCUT2D eigenvalue weighted by molar-refractivity contribution is 0.382. The Balaban J connectivity index is 2.19. The van der Waals surface area contributed by atoms with Crippen LogP contribution in [0.15, 0.2) is 30.6 Å². The third-order valence-electron chi connectivity index (χ3n) is 3.18. The minimum absolute atomic E-state index is 0.0356. The van der Waals surface area contributed by atoms with E-state index >= 15 is 0 Å². The summed E-state index contributed by atoms with van der Waals surface area (Å²) < 4.78 is 19.2. The molecule has 0 aliphatic carbocycles. The molecule has 0 fully saturated rings. The van der Waals surface area contributed by atoms with E-state index in [1.54, 1.807) is 30.6 Å². The Hall–Kier alpha value is -1.88. The molecule has 0 saturated carbocycles. The Morgan fingerprint density at radius 3 is 2.95 bits per heavy atom. The highest BCUT2D eigenvalue weighted by molar-refractivity contribution is 5.31. The molecular weight excluding hydrogens is 257 g/mol. The fraction of sp³-hybridized carbons (Fsp3) is 0.400. The van der Waals surface area contributed by atoms with Crippen molar-refractivity contribution in [2.45, 2.75) is 25.8 Å². The zero-order valence-electron chi connectivity index (χ0n) is 11.8. The largest absolute Gasteiger partial charge is 0.494 e. The Kier molecular flexibility index (Phi) is 5.12. The lowest BCUT2D eigenvalue weighted by Gasteiger charge is -2.17. The van der Waals surface area contributed by atoms with Crippen molar-refractivity contribution in [2.75, 3.05) is 13.7 Å². The van der Waals surface area contributed by atoms with Crippen LogP contribution in [0.5, 0.6) is 5.75 Å². The number of aromatic nitrogens is 2. The molecule has 0 amide bonds. The van der Waals surface area contributed by atoms with Gasteiger partial charge < -0.3 is 15.0 Å². The number of benzene rings is 1. The third-order valence-corrected chi connectivity index (χ3v) is 3.18. The number of H-pyrrole nitrogens is 1. The highest BCUT2D eigenvalue weighted by Gasteiger charge is 2.17. The monoisotopic (exact) mass is 277 g/mol. The quantitative estimate of drug-likeness (QED) is 0.818. The maximum absolute atomic E-state index is 14.2. The van der Waals surface area contributed by atoms with Crippen molar-refractivity contribution in [2.24, 2.45) is 0 Å². The van der Waals surface area contributed by atoms with Gasteiger partial charge in [-0.2, -0.15) is 0 Å². The number of nitrogens with zero attached hydrogens (tertiary/aromatic N) is 1. The van der Waals surface area contributed by atoms with Crippen LogP contribution >= 0.6 is 0 Å². The van der Waals surface area contributed by atoms with E-state index in [9.17, 15) is 4.39 Å². The van der Waals surface area contributed by atoms with Crippen LogP contribution in [0.1, 0.15) is 30.8 Å². The van der Waals surface area contributed by atoms with Gasteiger partial charge in [-0.25, -0.2) is 9.37 Å². The van der Waals surface area contributed by atoms with Gasteiger partial charge in [-0.05, 0) is 31.0 Å². The Morgan fingerprint density at radius 2 is 2.30 bits per heavy atom. The van der Waals surface area contributed by atoms with Gasteiger partial charge in [0.15, 0.2) is 11.6 Å². The fourth-order valence-corrected chi connectivity index (χ4v) is 2.14. The van der Waals surface area contributed by atoms with Crippen LogP contribution in [0, 0.1) is 5.82 Å². The number of imidazole rings is 1. The Morgan fingerprint density at radius 1 is 1.45 bits per heavy atom. The lowest BCUT2D eigenvalue weighted by Crippen LogP contribution is -2.25. The van der Waals surface area contributed by atoms with Gasteiger partial charge in [0.2, 0.25) is 0 Å². The summed E-state index contributed by atoms with van der Waals surface area (Å²) in [7, 11) is 1.47. The topological polar surface area (TPSA) is 49.9 Å². The second kappa shape index (κ2) is 7.05. The number of methoxy groups -OCH3 is 1. The minimum atomic E-state index is -0.301. The molecule has 1 aromatic carbocycles. The van der Waals surface area contributed by atoms with Crippen LogP contribution in [-0.4, -0.2) is 23.6 Å². The second-order valence-corrected chi connectivity index (χ2v) is 4.62. The van der Waals surface area contributed by atoms with Crippen molar-refractivity contribution >= 4 is 0 Å². The predicted molar refractivity (Wildman–Crippen MR) is 76.3 cm³/mol. The SMILES string of the molecule is CCCNC(Cc1cccc(OC)c1F)c1ncc[nH]1. The average molecular weight is 277 g/mol. The molecule has 1 atom stereocenters. The highest BCUT2D eigenvalue weighted by atomic mass is 19.1. The standard InChI is InChI=1S/C15H20FN3O/c1-3-7-17-12(15-18-8-9-19-15)10-11-5-4-6-13(20-2)14(11)16/h4-6,8-9,12,17H,3,7,10H2,1-2H3,(H,18,19). The number of hydrogen-bond acceptors (Lipinski definition) is 3. The summed E-state index contributed by atoms with van der Waals surface area (Å²) in [6, 6.07) is 5.17. The molecule has 0 aliphatic heterocycles. The van der Waals surface area contributed by atoms with E-state index < -0.39 is 0 Å².